The molecule has 0 aromatic heterocycles. The van der Waals surface area contributed by atoms with Crippen LogP contribution < -0.4 is 0 Å². The molecular weight excluding hydrogens is 164 g/mol. The van der Waals surface area contributed by atoms with Gasteiger partial charge in [0.1, 0.15) is 6.10 Å². The lowest BCUT2D eigenvalue weighted by molar-refractivity contribution is -0.122. The Morgan fingerprint density at radius 3 is 2.62 bits per heavy atom. The summed E-state index contributed by atoms with van der Waals surface area (Å²) in [5.74, 6) is 0.645. The summed E-state index contributed by atoms with van der Waals surface area (Å²) in [4.78, 5) is 0. The highest BCUT2D eigenvalue weighted by atomic mass is 16.6. The molecule has 0 atom stereocenters. The van der Waals surface area contributed by atoms with Crippen molar-refractivity contribution >= 4 is 0 Å². The standard InChI is InChI=1S/C11H20O2/c1-4-10(9(2)3)5-6-13-11-7-12-8-11/h5,9,11H,4,6-8H2,1-3H3. The Morgan fingerprint density at radius 1 is 1.54 bits per heavy atom. The summed E-state index contributed by atoms with van der Waals surface area (Å²) in [5.41, 5.74) is 1.49. The molecule has 1 rings (SSSR count). The molecule has 0 spiro atoms. The van der Waals surface area contributed by atoms with Crippen molar-refractivity contribution < 1.29 is 9.47 Å². The van der Waals surface area contributed by atoms with Crippen LogP contribution >= 0.6 is 0 Å². The zero-order valence-electron chi connectivity index (χ0n) is 8.88. The highest BCUT2D eigenvalue weighted by Gasteiger charge is 2.17. The molecular formula is C11H20O2. The summed E-state index contributed by atoms with van der Waals surface area (Å²) in [6.07, 6.45) is 3.69. The molecule has 0 unspecified atom stereocenters. The number of allylic oxidation sites excluding steroid dienone is 1. The number of hydrogen-bond acceptors (Lipinski definition) is 2. The van der Waals surface area contributed by atoms with Gasteiger partial charge >= 0.3 is 0 Å². The van der Waals surface area contributed by atoms with Gasteiger partial charge in [-0.15, -0.1) is 0 Å². The van der Waals surface area contributed by atoms with Gasteiger partial charge in [-0.25, -0.2) is 0 Å². The third-order valence-corrected chi connectivity index (χ3v) is 2.43. The van der Waals surface area contributed by atoms with E-state index in [1.54, 1.807) is 0 Å². The first-order valence-electron chi connectivity index (χ1n) is 5.12. The SMILES string of the molecule is CCC(=CCOC1COC1)C(C)C. The van der Waals surface area contributed by atoms with E-state index in [9.17, 15) is 0 Å². The molecule has 1 aliphatic rings. The van der Waals surface area contributed by atoms with Gasteiger partial charge < -0.3 is 9.47 Å². The van der Waals surface area contributed by atoms with Gasteiger partial charge in [0.2, 0.25) is 0 Å². The fourth-order valence-electron chi connectivity index (χ4n) is 1.39. The van der Waals surface area contributed by atoms with Crippen molar-refractivity contribution in [1.82, 2.24) is 0 Å². The van der Waals surface area contributed by atoms with Gasteiger partial charge in [0.05, 0.1) is 19.8 Å². The molecule has 0 radical (unpaired) electrons. The molecule has 0 N–H and O–H groups in total. The highest BCUT2D eigenvalue weighted by Crippen LogP contribution is 2.13. The van der Waals surface area contributed by atoms with Crippen LogP contribution in [0, 0.1) is 5.92 Å². The van der Waals surface area contributed by atoms with E-state index in [1.165, 1.54) is 5.57 Å². The van der Waals surface area contributed by atoms with Gasteiger partial charge in [-0.1, -0.05) is 32.4 Å². The van der Waals surface area contributed by atoms with E-state index in [0.717, 1.165) is 26.2 Å². The molecule has 1 saturated heterocycles. The highest BCUT2D eigenvalue weighted by molar-refractivity contribution is 5.04. The zero-order valence-corrected chi connectivity index (χ0v) is 8.88. The van der Waals surface area contributed by atoms with Crippen molar-refractivity contribution in [3.63, 3.8) is 0 Å². The molecule has 2 heteroatoms. The summed E-state index contributed by atoms with van der Waals surface area (Å²) in [7, 11) is 0. The molecule has 0 aromatic carbocycles. The lowest BCUT2D eigenvalue weighted by Gasteiger charge is -2.25. The van der Waals surface area contributed by atoms with Crippen LogP contribution in [-0.2, 0) is 9.47 Å². The van der Waals surface area contributed by atoms with E-state index >= 15 is 0 Å². The lowest BCUT2D eigenvalue weighted by atomic mass is 10.0. The largest absolute Gasteiger partial charge is 0.376 e. The Labute approximate surface area is 80.9 Å². The van der Waals surface area contributed by atoms with E-state index in [4.69, 9.17) is 9.47 Å². The monoisotopic (exact) mass is 184 g/mol. The molecule has 1 heterocycles. The fourth-order valence-corrected chi connectivity index (χ4v) is 1.39. The summed E-state index contributed by atoms with van der Waals surface area (Å²) < 4.78 is 10.6. The Kier molecular flexibility index (Phi) is 4.46. The smallest absolute Gasteiger partial charge is 0.104 e. The molecule has 2 nitrogen and oxygen atoms in total. The van der Waals surface area contributed by atoms with Gasteiger partial charge in [-0.05, 0) is 12.3 Å². The minimum absolute atomic E-state index is 0.349. The second-order valence-corrected chi connectivity index (χ2v) is 3.78. The van der Waals surface area contributed by atoms with Crippen molar-refractivity contribution in [2.75, 3.05) is 19.8 Å². The second-order valence-electron chi connectivity index (χ2n) is 3.78. The van der Waals surface area contributed by atoms with Crippen LogP contribution in [0.5, 0.6) is 0 Å². The van der Waals surface area contributed by atoms with E-state index in [-0.39, 0.29) is 0 Å². The average Bonchev–Trinajstić information content (AvgIpc) is 2.00. The molecule has 76 valence electrons. The van der Waals surface area contributed by atoms with Crippen LogP contribution in [0.1, 0.15) is 27.2 Å². The summed E-state index contributed by atoms with van der Waals surface area (Å²) in [5, 5.41) is 0. The number of rotatable bonds is 5. The molecule has 0 bridgehead atoms. The Balaban J connectivity index is 2.19. The second kappa shape index (κ2) is 5.40. The molecule has 0 saturated carbocycles. The predicted molar refractivity (Wildman–Crippen MR) is 53.8 cm³/mol. The van der Waals surface area contributed by atoms with E-state index in [0.29, 0.717) is 12.0 Å². The summed E-state index contributed by atoms with van der Waals surface area (Å²) >= 11 is 0. The van der Waals surface area contributed by atoms with Crippen LogP contribution in [0.25, 0.3) is 0 Å². The van der Waals surface area contributed by atoms with Crippen molar-refractivity contribution in [1.29, 1.82) is 0 Å². The third-order valence-electron chi connectivity index (χ3n) is 2.43. The Bertz CT molecular complexity index is 169. The van der Waals surface area contributed by atoms with Crippen molar-refractivity contribution in [3.8, 4) is 0 Å². The van der Waals surface area contributed by atoms with Gasteiger partial charge in [0.25, 0.3) is 0 Å². The van der Waals surface area contributed by atoms with E-state index in [2.05, 4.69) is 26.8 Å². The van der Waals surface area contributed by atoms with Crippen LogP contribution in [-0.4, -0.2) is 25.9 Å². The molecule has 0 aromatic rings. The van der Waals surface area contributed by atoms with Gasteiger partial charge in [-0.3, -0.25) is 0 Å². The van der Waals surface area contributed by atoms with Crippen LogP contribution in [0.4, 0.5) is 0 Å². The topological polar surface area (TPSA) is 18.5 Å². The van der Waals surface area contributed by atoms with Gasteiger partial charge in [-0.2, -0.15) is 0 Å². The first-order chi connectivity index (χ1) is 6.24. The van der Waals surface area contributed by atoms with E-state index in [1.807, 2.05) is 0 Å². The van der Waals surface area contributed by atoms with E-state index < -0.39 is 0 Å². The van der Waals surface area contributed by atoms with Crippen molar-refractivity contribution in [3.05, 3.63) is 11.6 Å². The molecule has 1 aliphatic heterocycles. The molecule has 1 fully saturated rings. The normalized spacial score (nSPS) is 19.2. The maximum Gasteiger partial charge on any atom is 0.104 e. The first kappa shape index (κ1) is 10.7. The lowest BCUT2D eigenvalue weighted by Crippen LogP contribution is -2.36. The molecule has 13 heavy (non-hydrogen) atoms. The zero-order chi connectivity index (χ0) is 9.68. The predicted octanol–water partition coefficient (Wildman–Crippen LogP) is 2.39. The average molecular weight is 184 g/mol. The Hall–Kier alpha value is -0.340. The molecule has 0 aliphatic carbocycles. The van der Waals surface area contributed by atoms with Gasteiger partial charge in [0, 0.05) is 0 Å². The van der Waals surface area contributed by atoms with Crippen LogP contribution in [0.2, 0.25) is 0 Å². The van der Waals surface area contributed by atoms with Gasteiger partial charge in [0.15, 0.2) is 0 Å². The Morgan fingerprint density at radius 2 is 2.23 bits per heavy atom. The number of hydrogen-bond donors (Lipinski definition) is 0. The van der Waals surface area contributed by atoms with Crippen molar-refractivity contribution in [2.24, 2.45) is 5.92 Å². The minimum Gasteiger partial charge on any atom is -0.376 e. The minimum atomic E-state index is 0.349. The van der Waals surface area contributed by atoms with Crippen LogP contribution in [0.15, 0.2) is 11.6 Å². The first-order valence-corrected chi connectivity index (χ1v) is 5.12. The summed E-state index contributed by atoms with van der Waals surface area (Å²) in [6, 6.07) is 0. The number of ether oxygens (including phenoxy) is 2. The summed E-state index contributed by atoms with van der Waals surface area (Å²) in [6.45, 7) is 8.94. The maximum atomic E-state index is 5.56. The third kappa shape index (κ3) is 3.49. The quantitative estimate of drug-likeness (QED) is 0.611. The fraction of sp³-hybridized carbons (Fsp3) is 0.818. The van der Waals surface area contributed by atoms with Crippen LogP contribution in [0.3, 0.4) is 0 Å². The van der Waals surface area contributed by atoms with Crippen molar-refractivity contribution in [2.45, 2.75) is 33.3 Å². The maximum absolute atomic E-state index is 5.56. The molecule has 0 amide bonds.